The van der Waals surface area contributed by atoms with E-state index in [1.54, 1.807) is 16.6 Å². The zero-order valence-electron chi connectivity index (χ0n) is 12.9. The Morgan fingerprint density at radius 1 is 1.48 bits per heavy atom. The molecule has 0 radical (unpaired) electrons. The van der Waals surface area contributed by atoms with Crippen molar-refractivity contribution in [1.29, 1.82) is 0 Å². The molecular weight excluding hydrogens is 306 g/mol. The first kappa shape index (κ1) is 15.4. The Kier molecular flexibility index (Phi) is 4.01. The third-order valence-electron chi connectivity index (χ3n) is 3.76. The molecule has 3 rings (SSSR count). The number of alkyl halides is 2. The van der Waals surface area contributed by atoms with Crippen LogP contribution >= 0.6 is 0 Å². The van der Waals surface area contributed by atoms with Gasteiger partial charge >= 0.3 is 0 Å². The molecule has 1 fully saturated rings. The van der Waals surface area contributed by atoms with Gasteiger partial charge in [0, 0.05) is 25.9 Å². The summed E-state index contributed by atoms with van der Waals surface area (Å²) >= 11 is 0. The number of amides is 1. The maximum absolute atomic E-state index is 12.5. The van der Waals surface area contributed by atoms with Gasteiger partial charge in [-0.05, 0) is 13.3 Å². The molecule has 1 atom stereocenters. The van der Waals surface area contributed by atoms with Crippen LogP contribution in [0.25, 0.3) is 0 Å². The Morgan fingerprint density at radius 2 is 2.26 bits per heavy atom. The van der Waals surface area contributed by atoms with Gasteiger partial charge in [0.2, 0.25) is 0 Å². The minimum atomic E-state index is -2.46. The number of halogens is 2. The predicted octanol–water partition coefficient (Wildman–Crippen LogP) is 1.41. The van der Waals surface area contributed by atoms with Gasteiger partial charge in [0.15, 0.2) is 0 Å². The standard InChI is InChI=1S/C14H18F2N6O/c1-9-5-13(20(2)19-9)22-4-3-11(14(22)23)18-10-6-17-21(7-10)8-12(15)16/h5-7,11-12,18H,3-4,8H2,1-2H3/t11-/m0/s1. The number of anilines is 2. The van der Waals surface area contributed by atoms with Crippen LogP contribution in [0.1, 0.15) is 12.1 Å². The first-order valence-corrected chi connectivity index (χ1v) is 7.33. The summed E-state index contributed by atoms with van der Waals surface area (Å²) in [6.07, 6.45) is 1.10. The van der Waals surface area contributed by atoms with Crippen molar-refractivity contribution in [3.8, 4) is 0 Å². The van der Waals surface area contributed by atoms with E-state index in [1.165, 1.54) is 12.4 Å². The summed E-state index contributed by atoms with van der Waals surface area (Å²) in [6, 6.07) is 1.47. The predicted molar refractivity (Wildman–Crippen MR) is 80.6 cm³/mol. The lowest BCUT2D eigenvalue weighted by Gasteiger charge is -2.16. The second-order valence-corrected chi connectivity index (χ2v) is 5.59. The van der Waals surface area contributed by atoms with E-state index in [0.29, 0.717) is 18.7 Å². The number of hydrogen-bond acceptors (Lipinski definition) is 4. The van der Waals surface area contributed by atoms with Crippen LogP contribution in [0.15, 0.2) is 18.5 Å². The number of aromatic nitrogens is 4. The second kappa shape index (κ2) is 5.98. The van der Waals surface area contributed by atoms with E-state index in [4.69, 9.17) is 0 Å². The highest BCUT2D eigenvalue weighted by Gasteiger charge is 2.34. The Bertz CT molecular complexity index is 710. The summed E-state index contributed by atoms with van der Waals surface area (Å²) in [4.78, 5) is 14.2. The molecule has 1 aliphatic rings. The van der Waals surface area contributed by atoms with E-state index in [1.807, 2.05) is 13.0 Å². The maximum Gasteiger partial charge on any atom is 0.257 e. The summed E-state index contributed by atoms with van der Waals surface area (Å²) in [5, 5.41) is 11.2. The molecule has 1 saturated heterocycles. The van der Waals surface area contributed by atoms with Crippen LogP contribution in [0.2, 0.25) is 0 Å². The van der Waals surface area contributed by atoms with Gasteiger partial charge in [0.25, 0.3) is 12.3 Å². The number of nitrogens with zero attached hydrogens (tertiary/aromatic N) is 5. The summed E-state index contributed by atoms with van der Waals surface area (Å²) in [6.45, 7) is 2.00. The van der Waals surface area contributed by atoms with E-state index in [-0.39, 0.29) is 5.91 Å². The Balaban J connectivity index is 1.67. The molecule has 0 aromatic carbocycles. The van der Waals surface area contributed by atoms with Crippen molar-refractivity contribution in [1.82, 2.24) is 19.6 Å². The van der Waals surface area contributed by atoms with E-state index in [0.717, 1.165) is 16.2 Å². The smallest absolute Gasteiger partial charge is 0.257 e. The highest BCUT2D eigenvalue weighted by Crippen LogP contribution is 2.24. The van der Waals surface area contributed by atoms with Gasteiger partial charge in [0.1, 0.15) is 18.4 Å². The van der Waals surface area contributed by atoms with Crippen molar-refractivity contribution < 1.29 is 13.6 Å². The summed E-state index contributed by atoms with van der Waals surface area (Å²) < 4.78 is 27.5. The molecule has 124 valence electrons. The van der Waals surface area contributed by atoms with Crippen LogP contribution < -0.4 is 10.2 Å². The third kappa shape index (κ3) is 3.17. The number of carbonyl (C=O) groups is 1. The molecule has 3 heterocycles. The quantitative estimate of drug-likeness (QED) is 0.903. The van der Waals surface area contributed by atoms with Crippen molar-refractivity contribution >= 4 is 17.4 Å². The lowest BCUT2D eigenvalue weighted by Crippen LogP contribution is -2.34. The monoisotopic (exact) mass is 324 g/mol. The van der Waals surface area contributed by atoms with Crippen molar-refractivity contribution in [3.63, 3.8) is 0 Å². The topological polar surface area (TPSA) is 68.0 Å². The minimum absolute atomic E-state index is 0.0605. The van der Waals surface area contributed by atoms with Crippen molar-refractivity contribution in [2.24, 2.45) is 7.05 Å². The maximum atomic E-state index is 12.5. The zero-order chi connectivity index (χ0) is 16.6. The van der Waals surface area contributed by atoms with Crippen LogP contribution in [0.4, 0.5) is 20.3 Å². The fourth-order valence-electron chi connectivity index (χ4n) is 2.77. The van der Waals surface area contributed by atoms with Gasteiger partial charge in [-0.2, -0.15) is 10.2 Å². The largest absolute Gasteiger partial charge is 0.371 e. The lowest BCUT2D eigenvalue weighted by molar-refractivity contribution is -0.117. The van der Waals surface area contributed by atoms with Crippen molar-refractivity contribution in [2.45, 2.75) is 32.4 Å². The normalized spacial score (nSPS) is 18.2. The first-order valence-electron chi connectivity index (χ1n) is 7.33. The van der Waals surface area contributed by atoms with E-state index < -0.39 is 19.0 Å². The molecule has 1 amide bonds. The highest BCUT2D eigenvalue weighted by atomic mass is 19.3. The van der Waals surface area contributed by atoms with Gasteiger partial charge in [-0.15, -0.1) is 0 Å². The van der Waals surface area contributed by atoms with Gasteiger partial charge < -0.3 is 5.32 Å². The van der Waals surface area contributed by atoms with Crippen LogP contribution in [-0.2, 0) is 18.4 Å². The van der Waals surface area contributed by atoms with E-state index in [9.17, 15) is 13.6 Å². The van der Waals surface area contributed by atoms with Crippen LogP contribution in [0.5, 0.6) is 0 Å². The third-order valence-corrected chi connectivity index (χ3v) is 3.76. The van der Waals surface area contributed by atoms with Crippen molar-refractivity contribution in [2.75, 3.05) is 16.8 Å². The number of nitrogens with one attached hydrogen (secondary N) is 1. The second-order valence-electron chi connectivity index (χ2n) is 5.59. The van der Waals surface area contributed by atoms with Crippen molar-refractivity contribution in [3.05, 3.63) is 24.2 Å². The van der Waals surface area contributed by atoms with Gasteiger partial charge in [0.05, 0.1) is 17.6 Å². The minimum Gasteiger partial charge on any atom is -0.371 e. The molecule has 1 aliphatic heterocycles. The number of hydrogen-bond donors (Lipinski definition) is 1. The SMILES string of the molecule is Cc1cc(N2CC[C@H](Nc3cnn(CC(F)F)c3)C2=O)n(C)n1. The van der Waals surface area contributed by atoms with E-state index >= 15 is 0 Å². The molecular formula is C14H18F2N6O. The summed E-state index contributed by atoms with van der Waals surface area (Å²) in [5.74, 6) is 0.694. The van der Waals surface area contributed by atoms with Gasteiger partial charge in [-0.1, -0.05) is 0 Å². The number of rotatable bonds is 5. The molecule has 0 aliphatic carbocycles. The number of aryl methyl sites for hydroxylation is 2. The number of carbonyl (C=O) groups excluding carboxylic acids is 1. The lowest BCUT2D eigenvalue weighted by atomic mass is 10.2. The molecule has 0 spiro atoms. The first-order chi connectivity index (χ1) is 10.9. The molecule has 0 bridgehead atoms. The average molecular weight is 324 g/mol. The zero-order valence-corrected chi connectivity index (χ0v) is 12.9. The Labute approximate surface area is 131 Å². The molecule has 7 nitrogen and oxygen atoms in total. The molecule has 0 saturated carbocycles. The Hall–Kier alpha value is -2.45. The molecule has 2 aromatic rings. The van der Waals surface area contributed by atoms with Crippen LogP contribution in [-0.4, -0.2) is 44.5 Å². The fraction of sp³-hybridized carbons (Fsp3) is 0.500. The Morgan fingerprint density at radius 3 is 2.91 bits per heavy atom. The van der Waals surface area contributed by atoms with Gasteiger partial charge in [-0.3, -0.25) is 19.1 Å². The molecule has 9 heteroatoms. The molecule has 1 N–H and O–H groups in total. The summed E-state index contributed by atoms with van der Waals surface area (Å²) in [5.41, 5.74) is 1.41. The fourth-order valence-corrected chi connectivity index (χ4v) is 2.77. The molecule has 0 unspecified atom stereocenters. The highest BCUT2D eigenvalue weighted by molar-refractivity contribution is 6.00. The van der Waals surface area contributed by atoms with Gasteiger partial charge in [-0.25, -0.2) is 8.78 Å². The van der Waals surface area contributed by atoms with Crippen LogP contribution in [0.3, 0.4) is 0 Å². The summed E-state index contributed by atoms with van der Waals surface area (Å²) in [7, 11) is 1.80. The molecule has 23 heavy (non-hydrogen) atoms. The molecule has 2 aromatic heterocycles. The van der Waals surface area contributed by atoms with Crippen LogP contribution in [0, 0.1) is 6.92 Å². The average Bonchev–Trinajstić information content (AvgIpc) is 3.12. The van der Waals surface area contributed by atoms with E-state index in [2.05, 4.69) is 15.5 Å².